The smallest absolute Gasteiger partial charge is 0.129 e. The van der Waals surface area contributed by atoms with Gasteiger partial charge in [-0.05, 0) is 39.2 Å². The van der Waals surface area contributed by atoms with E-state index in [1.807, 2.05) is 69.4 Å². The van der Waals surface area contributed by atoms with Crippen molar-refractivity contribution in [1.82, 2.24) is 9.80 Å². The van der Waals surface area contributed by atoms with Crippen LogP contribution in [0.15, 0.2) is 48.7 Å². The lowest BCUT2D eigenvalue weighted by Crippen LogP contribution is -2.33. The van der Waals surface area contributed by atoms with Crippen molar-refractivity contribution < 1.29 is 0 Å². The van der Waals surface area contributed by atoms with Crippen LogP contribution in [0.4, 0.5) is 5.69 Å². The molecule has 0 fully saturated rings. The van der Waals surface area contributed by atoms with Crippen molar-refractivity contribution in [3.63, 3.8) is 0 Å². The van der Waals surface area contributed by atoms with Crippen molar-refractivity contribution in [2.75, 3.05) is 39.5 Å². The molecule has 4 heteroatoms. The zero-order valence-corrected chi connectivity index (χ0v) is 13.5. The van der Waals surface area contributed by atoms with Crippen molar-refractivity contribution in [2.45, 2.75) is 6.92 Å². The molecular formula is C17H26N4. The van der Waals surface area contributed by atoms with Gasteiger partial charge < -0.3 is 15.1 Å². The van der Waals surface area contributed by atoms with Gasteiger partial charge in [-0.3, -0.25) is 5.41 Å². The first-order valence-electron chi connectivity index (χ1n) is 7.08. The van der Waals surface area contributed by atoms with Crippen LogP contribution < -0.4 is 5.32 Å². The first kappa shape index (κ1) is 17.0. The fraction of sp³-hybridized carbons (Fsp3) is 0.353. The Labute approximate surface area is 128 Å². The minimum atomic E-state index is 0.508. The summed E-state index contributed by atoms with van der Waals surface area (Å²) in [5.41, 5.74) is 2.60. The number of hydrogen-bond donors (Lipinski definition) is 2. The van der Waals surface area contributed by atoms with E-state index in [-0.39, 0.29) is 0 Å². The van der Waals surface area contributed by atoms with Crippen LogP contribution in [0.3, 0.4) is 0 Å². The summed E-state index contributed by atoms with van der Waals surface area (Å²) in [6, 6.07) is 7.84. The minimum absolute atomic E-state index is 0.508. The minimum Gasteiger partial charge on any atom is -0.358 e. The molecule has 0 aliphatic rings. The zero-order valence-electron chi connectivity index (χ0n) is 13.5. The Balaban J connectivity index is 2.86. The molecule has 0 heterocycles. The molecule has 0 aliphatic carbocycles. The highest BCUT2D eigenvalue weighted by Gasteiger charge is 2.12. The van der Waals surface area contributed by atoms with Crippen molar-refractivity contribution in [1.29, 1.82) is 5.41 Å². The van der Waals surface area contributed by atoms with Crippen LogP contribution in [-0.2, 0) is 0 Å². The third-order valence-electron chi connectivity index (χ3n) is 3.11. The molecule has 0 aromatic heterocycles. The average molecular weight is 286 g/mol. The lowest BCUT2D eigenvalue weighted by molar-refractivity contribution is 0.356. The van der Waals surface area contributed by atoms with E-state index in [0.29, 0.717) is 5.84 Å². The van der Waals surface area contributed by atoms with E-state index in [4.69, 9.17) is 5.41 Å². The third kappa shape index (κ3) is 5.44. The molecule has 0 atom stereocenters. The third-order valence-corrected chi connectivity index (χ3v) is 3.11. The lowest BCUT2D eigenvalue weighted by atomic mass is 10.1. The molecular weight excluding hydrogens is 260 g/mol. The van der Waals surface area contributed by atoms with Crippen molar-refractivity contribution >= 4 is 11.5 Å². The number of allylic oxidation sites excluding steroid dienone is 2. The summed E-state index contributed by atoms with van der Waals surface area (Å²) < 4.78 is 0. The van der Waals surface area contributed by atoms with Crippen LogP contribution in [0.25, 0.3) is 0 Å². The van der Waals surface area contributed by atoms with Crippen LogP contribution in [-0.4, -0.2) is 49.9 Å². The largest absolute Gasteiger partial charge is 0.358 e. The molecule has 4 nitrogen and oxygen atoms in total. The maximum Gasteiger partial charge on any atom is 0.129 e. The molecule has 1 aromatic carbocycles. The molecule has 0 radical (unpaired) electrons. The summed E-state index contributed by atoms with van der Waals surface area (Å²) in [6.45, 7) is 7.64. The Morgan fingerprint density at radius 2 is 1.90 bits per heavy atom. The highest BCUT2D eigenvalue weighted by molar-refractivity contribution is 6.01. The fourth-order valence-corrected chi connectivity index (χ4v) is 1.88. The topological polar surface area (TPSA) is 42.4 Å². The molecule has 114 valence electrons. The predicted molar refractivity (Wildman–Crippen MR) is 92.0 cm³/mol. The summed E-state index contributed by atoms with van der Waals surface area (Å²) >= 11 is 0. The number of nitrogens with zero attached hydrogens (tertiary/aromatic N) is 2. The van der Waals surface area contributed by atoms with Gasteiger partial charge in [0.1, 0.15) is 5.84 Å². The molecule has 0 bridgehead atoms. The number of likely N-dealkylation sites (N-methyl/N-ethyl adjacent to an activating group) is 2. The van der Waals surface area contributed by atoms with E-state index in [2.05, 4.69) is 16.8 Å². The predicted octanol–water partition coefficient (Wildman–Crippen LogP) is 3.01. The second kappa shape index (κ2) is 8.27. The van der Waals surface area contributed by atoms with Crippen LogP contribution in [0.2, 0.25) is 0 Å². The van der Waals surface area contributed by atoms with Crippen molar-refractivity contribution in [2.24, 2.45) is 0 Å². The molecule has 0 unspecified atom stereocenters. The van der Waals surface area contributed by atoms with Crippen molar-refractivity contribution in [3.8, 4) is 0 Å². The van der Waals surface area contributed by atoms with Gasteiger partial charge in [0.15, 0.2) is 0 Å². The number of rotatable bonds is 7. The summed E-state index contributed by atoms with van der Waals surface area (Å²) in [5, 5.41) is 11.6. The highest BCUT2D eigenvalue weighted by atomic mass is 15.2. The van der Waals surface area contributed by atoms with Gasteiger partial charge in [0, 0.05) is 37.1 Å². The Morgan fingerprint density at radius 3 is 2.52 bits per heavy atom. The summed E-state index contributed by atoms with van der Waals surface area (Å²) in [7, 11) is 6.02. The Hall–Kier alpha value is -2.07. The van der Waals surface area contributed by atoms with E-state index in [1.165, 1.54) is 0 Å². The van der Waals surface area contributed by atoms with Gasteiger partial charge in [-0.2, -0.15) is 0 Å². The normalized spacial score (nSPS) is 10.9. The molecule has 0 saturated heterocycles. The average Bonchev–Trinajstić information content (AvgIpc) is 2.44. The fourth-order valence-electron chi connectivity index (χ4n) is 1.88. The van der Waals surface area contributed by atoms with Gasteiger partial charge in [-0.15, -0.1) is 0 Å². The van der Waals surface area contributed by atoms with E-state index >= 15 is 0 Å². The van der Waals surface area contributed by atoms with Gasteiger partial charge >= 0.3 is 0 Å². The van der Waals surface area contributed by atoms with Gasteiger partial charge in [0.2, 0.25) is 0 Å². The van der Waals surface area contributed by atoms with Gasteiger partial charge in [0.05, 0.1) is 0 Å². The zero-order chi connectivity index (χ0) is 15.8. The summed E-state index contributed by atoms with van der Waals surface area (Å²) in [5.74, 6) is 0.508. The molecule has 0 amide bonds. The monoisotopic (exact) mass is 286 g/mol. The summed E-state index contributed by atoms with van der Waals surface area (Å²) in [4.78, 5) is 4.07. The highest BCUT2D eigenvalue weighted by Crippen LogP contribution is 2.18. The molecule has 1 rings (SSSR count). The number of hydrogen-bond acceptors (Lipinski definition) is 3. The Bertz CT molecular complexity index is 517. The van der Waals surface area contributed by atoms with E-state index < -0.39 is 0 Å². The van der Waals surface area contributed by atoms with Gasteiger partial charge in [0.25, 0.3) is 0 Å². The van der Waals surface area contributed by atoms with Gasteiger partial charge in [-0.25, -0.2) is 0 Å². The first-order chi connectivity index (χ1) is 9.95. The van der Waals surface area contributed by atoms with Gasteiger partial charge in [-0.1, -0.05) is 24.8 Å². The van der Waals surface area contributed by atoms with Crippen molar-refractivity contribution in [3.05, 3.63) is 54.3 Å². The van der Waals surface area contributed by atoms with Crippen LogP contribution in [0.5, 0.6) is 0 Å². The van der Waals surface area contributed by atoms with E-state index in [9.17, 15) is 0 Å². The van der Waals surface area contributed by atoms with E-state index in [0.717, 1.165) is 30.0 Å². The van der Waals surface area contributed by atoms with E-state index in [1.54, 1.807) is 0 Å². The molecule has 0 spiro atoms. The number of amidine groups is 1. The quantitative estimate of drug-likeness (QED) is 0.460. The molecule has 0 aliphatic heterocycles. The maximum atomic E-state index is 8.39. The van der Waals surface area contributed by atoms with Crippen LogP contribution >= 0.6 is 0 Å². The molecule has 21 heavy (non-hydrogen) atoms. The number of anilines is 1. The second-order valence-corrected chi connectivity index (χ2v) is 5.27. The summed E-state index contributed by atoms with van der Waals surface area (Å²) in [6.07, 6.45) is 3.85. The molecule has 1 aromatic rings. The maximum absolute atomic E-state index is 8.39. The second-order valence-electron chi connectivity index (χ2n) is 5.27. The molecule has 0 saturated carbocycles. The number of benzene rings is 1. The molecule has 2 N–H and O–H groups in total. The number of nitrogens with one attached hydrogen (secondary N) is 2. The number of para-hydroxylation sites is 1. The standard InChI is InChI=1S/C17H26N4/c1-6-9-14(2)19-16-11-8-7-10-15(16)17(18)21(5)13-12-20(3)4/h6-11,18-19H,2,12-13H2,1,3-5H3/b9-6+,18-17?. The SMILES string of the molecule is C=C(/C=C/C)Nc1ccccc1C(=N)N(C)CCN(C)C. The Kier molecular flexibility index (Phi) is 6.69. The lowest BCUT2D eigenvalue weighted by Gasteiger charge is -2.23. The first-order valence-corrected chi connectivity index (χ1v) is 7.08. The Morgan fingerprint density at radius 1 is 1.24 bits per heavy atom. The van der Waals surface area contributed by atoms with Crippen LogP contribution in [0.1, 0.15) is 12.5 Å². The van der Waals surface area contributed by atoms with Crippen LogP contribution in [0, 0.1) is 5.41 Å².